The van der Waals surface area contributed by atoms with Crippen LogP contribution in [-0.2, 0) is 16.1 Å². The smallest absolute Gasteiger partial charge is 0.257 e. The van der Waals surface area contributed by atoms with Gasteiger partial charge in [0.05, 0.1) is 11.7 Å². The standard InChI is InChI=1S/C30H42N4O4/c1-21-17-34(18-23-9-8-14-31-16-23)22(2)20-38-27-15-25(32-29(35)24-10-6-5-7-11-24)12-13-26(27)30(36)33(3)19-28(21)37-4/h8-9,12-16,21-22,24,28H,5-7,10-11,17-20H2,1-4H3,(H,32,35)/t21-,22-,28+/m1/s1. The largest absolute Gasteiger partial charge is 0.491 e. The van der Waals surface area contributed by atoms with Crippen molar-refractivity contribution in [2.24, 2.45) is 11.8 Å². The van der Waals surface area contributed by atoms with Crippen LogP contribution in [0.3, 0.4) is 0 Å². The van der Waals surface area contributed by atoms with Gasteiger partial charge in [-0.2, -0.15) is 0 Å². The lowest BCUT2D eigenvalue weighted by Gasteiger charge is -2.36. The number of hydrogen-bond donors (Lipinski definition) is 1. The van der Waals surface area contributed by atoms with E-state index >= 15 is 0 Å². The van der Waals surface area contributed by atoms with Gasteiger partial charge in [0, 0.05) is 69.9 Å². The van der Waals surface area contributed by atoms with Gasteiger partial charge < -0.3 is 19.7 Å². The first-order chi connectivity index (χ1) is 18.4. The number of nitrogens with zero attached hydrogens (tertiary/aromatic N) is 3. The van der Waals surface area contributed by atoms with Crippen molar-refractivity contribution in [3.8, 4) is 5.75 Å². The number of benzene rings is 1. The van der Waals surface area contributed by atoms with E-state index in [0.717, 1.165) is 44.3 Å². The summed E-state index contributed by atoms with van der Waals surface area (Å²) in [6.07, 6.45) is 8.81. The number of amides is 2. The molecule has 1 aromatic carbocycles. The number of aromatic nitrogens is 1. The third-order valence-electron chi connectivity index (χ3n) is 7.93. The maximum Gasteiger partial charge on any atom is 0.257 e. The van der Waals surface area contributed by atoms with Crippen LogP contribution in [0.2, 0.25) is 0 Å². The van der Waals surface area contributed by atoms with Gasteiger partial charge in [-0.15, -0.1) is 0 Å². The molecule has 8 nitrogen and oxygen atoms in total. The minimum absolute atomic E-state index is 0.0486. The molecule has 4 rings (SSSR count). The molecule has 1 aromatic heterocycles. The van der Waals surface area contributed by atoms with Crippen LogP contribution in [-0.4, -0.2) is 72.6 Å². The quantitative estimate of drug-likeness (QED) is 0.618. The molecule has 2 aliphatic rings. The van der Waals surface area contributed by atoms with Crippen molar-refractivity contribution in [2.45, 2.75) is 64.6 Å². The van der Waals surface area contributed by atoms with Crippen LogP contribution in [0, 0.1) is 11.8 Å². The second kappa shape index (κ2) is 13.2. The zero-order chi connectivity index (χ0) is 27.1. The summed E-state index contributed by atoms with van der Waals surface area (Å²) < 4.78 is 12.2. The summed E-state index contributed by atoms with van der Waals surface area (Å²) in [4.78, 5) is 34.7. The molecule has 1 aliphatic heterocycles. The fourth-order valence-corrected chi connectivity index (χ4v) is 5.48. The summed E-state index contributed by atoms with van der Waals surface area (Å²) in [6, 6.07) is 9.46. The topological polar surface area (TPSA) is 84.0 Å². The summed E-state index contributed by atoms with van der Waals surface area (Å²) in [7, 11) is 3.50. The number of likely N-dealkylation sites (N-methyl/N-ethyl adjacent to an activating group) is 1. The lowest BCUT2D eigenvalue weighted by Crippen LogP contribution is -2.46. The second-order valence-corrected chi connectivity index (χ2v) is 10.9. The fourth-order valence-electron chi connectivity index (χ4n) is 5.48. The molecular weight excluding hydrogens is 480 g/mol. The maximum atomic E-state index is 13.5. The van der Waals surface area contributed by atoms with Crippen LogP contribution in [0.4, 0.5) is 5.69 Å². The normalized spacial score (nSPS) is 24.1. The van der Waals surface area contributed by atoms with Gasteiger partial charge in [0.25, 0.3) is 5.91 Å². The van der Waals surface area contributed by atoms with E-state index in [-0.39, 0.29) is 35.8 Å². The van der Waals surface area contributed by atoms with E-state index in [2.05, 4.69) is 35.1 Å². The number of rotatable bonds is 5. The minimum atomic E-state index is -0.125. The molecule has 206 valence electrons. The van der Waals surface area contributed by atoms with Crippen LogP contribution in [0.5, 0.6) is 5.75 Å². The molecule has 1 N–H and O–H groups in total. The Kier molecular flexibility index (Phi) is 9.74. The minimum Gasteiger partial charge on any atom is -0.491 e. The molecule has 2 amide bonds. The number of anilines is 1. The Morgan fingerprint density at radius 2 is 1.95 bits per heavy atom. The molecule has 2 heterocycles. The Labute approximate surface area is 226 Å². The molecule has 0 saturated heterocycles. The average molecular weight is 523 g/mol. The van der Waals surface area contributed by atoms with Crippen LogP contribution >= 0.6 is 0 Å². The molecule has 3 atom stereocenters. The maximum absolute atomic E-state index is 13.5. The van der Waals surface area contributed by atoms with Crippen molar-refractivity contribution in [2.75, 3.05) is 39.2 Å². The fraction of sp³-hybridized carbons (Fsp3) is 0.567. The lowest BCUT2D eigenvalue weighted by molar-refractivity contribution is -0.120. The van der Waals surface area contributed by atoms with Crippen LogP contribution in [0.1, 0.15) is 61.9 Å². The molecule has 0 spiro atoms. The number of fused-ring (bicyclic) bond motifs is 1. The molecule has 0 radical (unpaired) electrons. The summed E-state index contributed by atoms with van der Waals surface area (Å²) in [5, 5.41) is 3.07. The zero-order valence-electron chi connectivity index (χ0n) is 23.2. The summed E-state index contributed by atoms with van der Waals surface area (Å²) >= 11 is 0. The number of hydrogen-bond acceptors (Lipinski definition) is 6. The highest BCUT2D eigenvalue weighted by atomic mass is 16.5. The molecular formula is C30H42N4O4. The monoisotopic (exact) mass is 522 g/mol. The predicted octanol–water partition coefficient (Wildman–Crippen LogP) is 4.61. The van der Waals surface area contributed by atoms with Gasteiger partial charge in [-0.3, -0.25) is 19.5 Å². The van der Waals surface area contributed by atoms with E-state index in [4.69, 9.17) is 9.47 Å². The molecule has 0 bridgehead atoms. The highest BCUT2D eigenvalue weighted by Crippen LogP contribution is 2.29. The molecule has 1 saturated carbocycles. The van der Waals surface area contributed by atoms with E-state index in [9.17, 15) is 9.59 Å². The van der Waals surface area contributed by atoms with Gasteiger partial charge in [-0.05, 0) is 49.4 Å². The summed E-state index contributed by atoms with van der Waals surface area (Å²) in [5.74, 6) is 0.645. The van der Waals surface area contributed by atoms with Crippen LogP contribution in [0.15, 0.2) is 42.7 Å². The number of pyridine rings is 1. The highest BCUT2D eigenvalue weighted by Gasteiger charge is 2.29. The Balaban J connectivity index is 1.59. The SMILES string of the molecule is CO[C@H]1CN(C)C(=O)c2ccc(NC(=O)C3CCCCC3)cc2OC[C@@H](C)N(Cc2cccnc2)C[C@H]1C. The van der Waals surface area contributed by atoms with Gasteiger partial charge in [-0.25, -0.2) is 0 Å². The van der Waals surface area contributed by atoms with Gasteiger partial charge in [-0.1, -0.05) is 32.3 Å². The van der Waals surface area contributed by atoms with Gasteiger partial charge in [0.15, 0.2) is 0 Å². The second-order valence-electron chi connectivity index (χ2n) is 10.9. The third kappa shape index (κ3) is 7.11. The molecule has 0 unspecified atom stereocenters. The first-order valence-corrected chi connectivity index (χ1v) is 13.8. The van der Waals surface area contributed by atoms with E-state index < -0.39 is 0 Å². The van der Waals surface area contributed by atoms with Crippen molar-refractivity contribution in [1.82, 2.24) is 14.8 Å². The Bertz CT molecular complexity index is 1070. The van der Waals surface area contributed by atoms with Crippen LogP contribution in [0.25, 0.3) is 0 Å². The zero-order valence-corrected chi connectivity index (χ0v) is 23.2. The summed E-state index contributed by atoms with van der Waals surface area (Å²) in [5.41, 5.74) is 2.27. The van der Waals surface area contributed by atoms with Crippen molar-refractivity contribution in [3.63, 3.8) is 0 Å². The Morgan fingerprint density at radius 3 is 2.66 bits per heavy atom. The number of ether oxygens (including phenoxy) is 2. The van der Waals surface area contributed by atoms with Crippen molar-refractivity contribution >= 4 is 17.5 Å². The molecule has 2 aromatic rings. The number of carbonyl (C=O) groups is 2. The number of methoxy groups -OCH3 is 1. The van der Waals surface area contributed by atoms with Crippen LogP contribution < -0.4 is 10.1 Å². The van der Waals surface area contributed by atoms with E-state index in [1.165, 1.54) is 6.42 Å². The lowest BCUT2D eigenvalue weighted by atomic mass is 9.88. The highest BCUT2D eigenvalue weighted by molar-refractivity contribution is 5.98. The predicted molar refractivity (Wildman–Crippen MR) is 148 cm³/mol. The number of nitrogens with one attached hydrogen (secondary N) is 1. The van der Waals surface area contributed by atoms with Crippen molar-refractivity contribution < 1.29 is 19.1 Å². The van der Waals surface area contributed by atoms with E-state index in [1.807, 2.05) is 12.3 Å². The molecule has 38 heavy (non-hydrogen) atoms. The van der Waals surface area contributed by atoms with Gasteiger partial charge >= 0.3 is 0 Å². The van der Waals surface area contributed by atoms with Crippen molar-refractivity contribution in [3.05, 3.63) is 53.9 Å². The molecule has 1 fully saturated rings. The van der Waals surface area contributed by atoms with E-state index in [0.29, 0.717) is 30.2 Å². The average Bonchev–Trinajstić information content (AvgIpc) is 2.94. The third-order valence-corrected chi connectivity index (χ3v) is 7.93. The van der Waals surface area contributed by atoms with Gasteiger partial charge in [0.1, 0.15) is 12.4 Å². The van der Waals surface area contributed by atoms with E-state index in [1.54, 1.807) is 43.5 Å². The summed E-state index contributed by atoms with van der Waals surface area (Å²) in [6.45, 7) is 6.68. The number of carbonyl (C=O) groups excluding carboxylic acids is 2. The van der Waals surface area contributed by atoms with Crippen molar-refractivity contribution in [1.29, 1.82) is 0 Å². The first kappa shape index (κ1) is 28.0. The Hall–Kier alpha value is -2.97. The molecule has 8 heteroatoms. The van der Waals surface area contributed by atoms with Gasteiger partial charge in [0.2, 0.25) is 5.91 Å². The first-order valence-electron chi connectivity index (χ1n) is 13.8. The molecule has 1 aliphatic carbocycles. The Morgan fingerprint density at radius 1 is 1.16 bits per heavy atom.